The molecule has 0 unspecified atom stereocenters. The maximum absolute atomic E-state index is 12.4. The van der Waals surface area contributed by atoms with Gasteiger partial charge in [0.2, 0.25) is 0 Å². The Morgan fingerprint density at radius 1 is 1.24 bits per heavy atom. The van der Waals surface area contributed by atoms with Crippen LogP contribution in [0.3, 0.4) is 0 Å². The average molecular weight is 341 g/mol. The van der Waals surface area contributed by atoms with Gasteiger partial charge in [0.1, 0.15) is 11.6 Å². The molecule has 0 saturated carbocycles. The number of anilines is 1. The van der Waals surface area contributed by atoms with E-state index in [1.54, 1.807) is 19.4 Å². The van der Waals surface area contributed by atoms with Crippen LogP contribution in [0.4, 0.5) is 5.82 Å². The molecule has 6 heteroatoms. The lowest BCUT2D eigenvalue weighted by Crippen LogP contribution is -2.37. The van der Waals surface area contributed by atoms with E-state index in [1.165, 1.54) is 0 Å². The Kier molecular flexibility index (Phi) is 5.85. The fourth-order valence-corrected chi connectivity index (χ4v) is 2.74. The van der Waals surface area contributed by atoms with Gasteiger partial charge in [0, 0.05) is 31.4 Å². The average Bonchev–Trinajstić information content (AvgIpc) is 2.69. The number of pyridine rings is 1. The van der Waals surface area contributed by atoms with Gasteiger partial charge in [-0.2, -0.15) is 0 Å². The lowest BCUT2D eigenvalue weighted by molar-refractivity contribution is 0.0954. The molecule has 2 heterocycles. The van der Waals surface area contributed by atoms with Crippen molar-refractivity contribution in [1.29, 1.82) is 0 Å². The van der Waals surface area contributed by atoms with Gasteiger partial charge in [0.15, 0.2) is 0 Å². The predicted octanol–water partition coefficient (Wildman–Crippen LogP) is 1.90. The van der Waals surface area contributed by atoms with Crippen molar-refractivity contribution in [3.63, 3.8) is 0 Å². The summed E-state index contributed by atoms with van der Waals surface area (Å²) in [7, 11) is 1.65. The number of rotatable bonds is 6. The van der Waals surface area contributed by atoms with E-state index in [9.17, 15) is 4.79 Å². The van der Waals surface area contributed by atoms with E-state index in [1.807, 2.05) is 30.3 Å². The maximum atomic E-state index is 12.4. The van der Waals surface area contributed by atoms with E-state index in [0.717, 1.165) is 36.6 Å². The zero-order chi connectivity index (χ0) is 17.5. The number of hydrogen-bond acceptors (Lipinski definition) is 5. The minimum atomic E-state index is -0.0783. The number of carbonyl (C=O) groups excluding carboxylic acids is 1. The van der Waals surface area contributed by atoms with Crippen LogP contribution in [-0.2, 0) is 11.2 Å². The summed E-state index contributed by atoms with van der Waals surface area (Å²) < 4.78 is 10.5. The lowest BCUT2D eigenvalue weighted by atomic mass is 10.1. The summed E-state index contributed by atoms with van der Waals surface area (Å²) in [6, 6.07) is 11.5. The van der Waals surface area contributed by atoms with Crippen molar-refractivity contribution in [3.8, 4) is 5.75 Å². The van der Waals surface area contributed by atoms with Crippen molar-refractivity contribution in [2.24, 2.45) is 0 Å². The number of benzene rings is 1. The Bertz CT molecular complexity index is 697. The van der Waals surface area contributed by atoms with Crippen LogP contribution in [-0.4, -0.2) is 50.8 Å². The van der Waals surface area contributed by atoms with E-state index in [2.05, 4.69) is 15.2 Å². The Morgan fingerprint density at radius 3 is 2.72 bits per heavy atom. The van der Waals surface area contributed by atoms with Crippen LogP contribution in [0.5, 0.6) is 5.75 Å². The highest BCUT2D eigenvalue weighted by Crippen LogP contribution is 2.14. The van der Waals surface area contributed by atoms with Gasteiger partial charge in [0.05, 0.1) is 20.3 Å². The topological polar surface area (TPSA) is 63.7 Å². The number of nitrogens with one attached hydrogen (secondary N) is 1. The molecule has 0 aliphatic carbocycles. The zero-order valence-electron chi connectivity index (χ0n) is 14.4. The quantitative estimate of drug-likeness (QED) is 0.869. The van der Waals surface area contributed by atoms with Crippen LogP contribution >= 0.6 is 0 Å². The fraction of sp³-hybridized carbons (Fsp3) is 0.368. The predicted molar refractivity (Wildman–Crippen MR) is 96.3 cm³/mol. The number of methoxy groups -OCH3 is 1. The van der Waals surface area contributed by atoms with Crippen LogP contribution in [0.2, 0.25) is 0 Å². The SMILES string of the molecule is COc1ccc(CCNC(=O)c2ccnc(N3CCOCC3)c2)cc1. The molecule has 0 spiro atoms. The normalized spacial score (nSPS) is 14.2. The molecule has 0 radical (unpaired) electrons. The summed E-state index contributed by atoms with van der Waals surface area (Å²) in [5.41, 5.74) is 1.79. The fourth-order valence-electron chi connectivity index (χ4n) is 2.74. The van der Waals surface area contributed by atoms with Gasteiger partial charge in [0.25, 0.3) is 5.91 Å². The Balaban J connectivity index is 1.53. The molecule has 25 heavy (non-hydrogen) atoms. The maximum Gasteiger partial charge on any atom is 0.251 e. The van der Waals surface area contributed by atoms with Crippen LogP contribution in [0.1, 0.15) is 15.9 Å². The Morgan fingerprint density at radius 2 is 2.00 bits per heavy atom. The second-order valence-electron chi connectivity index (χ2n) is 5.86. The monoisotopic (exact) mass is 341 g/mol. The Labute approximate surface area is 147 Å². The number of morpholine rings is 1. The first kappa shape index (κ1) is 17.2. The van der Waals surface area contributed by atoms with Gasteiger partial charge in [-0.15, -0.1) is 0 Å². The summed E-state index contributed by atoms with van der Waals surface area (Å²) >= 11 is 0. The molecule has 1 aliphatic rings. The third kappa shape index (κ3) is 4.70. The molecule has 0 atom stereocenters. The van der Waals surface area contributed by atoms with Crippen LogP contribution in [0, 0.1) is 0 Å². The van der Waals surface area contributed by atoms with Crippen molar-refractivity contribution < 1.29 is 14.3 Å². The molecule has 1 saturated heterocycles. The lowest BCUT2D eigenvalue weighted by Gasteiger charge is -2.27. The molecule has 1 amide bonds. The highest BCUT2D eigenvalue weighted by molar-refractivity contribution is 5.94. The summed E-state index contributed by atoms with van der Waals surface area (Å²) in [6.45, 7) is 3.57. The zero-order valence-corrected chi connectivity index (χ0v) is 14.4. The van der Waals surface area contributed by atoms with Crippen molar-refractivity contribution >= 4 is 11.7 Å². The third-order valence-electron chi connectivity index (χ3n) is 4.20. The molecule has 1 N–H and O–H groups in total. The number of nitrogens with zero attached hydrogens (tertiary/aromatic N) is 2. The van der Waals surface area contributed by atoms with Gasteiger partial charge < -0.3 is 19.7 Å². The summed E-state index contributed by atoms with van der Waals surface area (Å²) in [6.07, 6.45) is 2.46. The van der Waals surface area contributed by atoms with E-state index >= 15 is 0 Å². The first-order chi connectivity index (χ1) is 12.3. The molecular weight excluding hydrogens is 318 g/mol. The molecule has 2 aromatic rings. The van der Waals surface area contributed by atoms with Gasteiger partial charge >= 0.3 is 0 Å². The van der Waals surface area contributed by atoms with Crippen LogP contribution < -0.4 is 15.0 Å². The molecule has 1 aromatic heterocycles. The number of aromatic nitrogens is 1. The minimum absolute atomic E-state index is 0.0783. The van der Waals surface area contributed by atoms with E-state index in [-0.39, 0.29) is 5.91 Å². The Hall–Kier alpha value is -2.60. The molecule has 1 fully saturated rings. The number of hydrogen-bond donors (Lipinski definition) is 1. The third-order valence-corrected chi connectivity index (χ3v) is 4.20. The molecule has 6 nitrogen and oxygen atoms in total. The smallest absolute Gasteiger partial charge is 0.251 e. The molecule has 3 rings (SSSR count). The highest BCUT2D eigenvalue weighted by Gasteiger charge is 2.14. The van der Waals surface area contributed by atoms with Crippen LogP contribution in [0.25, 0.3) is 0 Å². The molecule has 1 aromatic carbocycles. The standard InChI is InChI=1S/C19H23N3O3/c1-24-17-4-2-15(3-5-17)6-8-21-19(23)16-7-9-20-18(14-16)22-10-12-25-13-11-22/h2-5,7,9,14H,6,8,10-13H2,1H3,(H,21,23). The summed E-state index contributed by atoms with van der Waals surface area (Å²) in [5, 5.41) is 2.97. The minimum Gasteiger partial charge on any atom is -0.497 e. The summed E-state index contributed by atoms with van der Waals surface area (Å²) in [4.78, 5) is 18.9. The number of carbonyl (C=O) groups is 1. The molecule has 132 valence electrons. The molecule has 0 bridgehead atoms. The van der Waals surface area contributed by atoms with Crippen molar-refractivity contribution in [1.82, 2.24) is 10.3 Å². The number of ether oxygens (including phenoxy) is 2. The number of amides is 1. The van der Waals surface area contributed by atoms with Gasteiger partial charge in [-0.25, -0.2) is 4.98 Å². The first-order valence-electron chi connectivity index (χ1n) is 8.46. The van der Waals surface area contributed by atoms with Crippen LogP contribution in [0.15, 0.2) is 42.6 Å². The van der Waals surface area contributed by atoms with Gasteiger partial charge in [-0.1, -0.05) is 12.1 Å². The van der Waals surface area contributed by atoms with Gasteiger partial charge in [-0.05, 0) is 36.2 Å². The van der Waals surface area contributed by atoms with Crippen molar-refractivity contribution in [2.45, 2.75) is 6.42 Å². The van der Waals surface area contributed by atoms with E-state index in [4.69, 9.17) is 9.47 Å². The van der Waals surface area contributed by atoms with E-state index < -0.39 is 0 Å². The molecular formula is C19H23N3O3. The first-order valence-corrected chi connectivity index (χ1v) is 8.46. The van der Waals surface area contributed by atoms with Gasteiger partial charge in [-0.3, -0.25) is 4.79 Å². The van der Waals surface area contributed by atoms with E-state index in [0.29, 0.717) is 25.3 Å². The second-order valence-corrected chi connectivity index (χ2v) is 5.86. The highest BCUT2D eigenvalue weighted by atomic mass is 16.5. The van der Waals surface area contributed by atoms with Crippen molar-refractivity contribution in [3.05, 3.63) is 53.7 Å². The largest absolute Gasteiger partial charge is 0.497 e. The second kappa shape index (κ2) is 8.48. The van der Waals surface area contributed by atoms with Crippen molar-refractivity contribution in [2.75, 3.05) is 44.9 Å². The summed E-state index contributed by atoms with van der Waals surface area (Å²) in [5.74, 6) is 1.58. The molecule has 1 aliphatic heterocycles.